The van der Waals surface area contributed by atoms with Crippen LogP contribution in [0.15, 0.2) is 48.5 Å². The molecule has 29 heavy (non-hydrogen) atoms. The SMILES string of the molecule is CC(OC(=O)c1cc2c(s1)-c1ccccc1OC2)C(=O)Nc1ccc(F)cc1Cl. The van der Waals surface area contributed by atoms with Crippen LogP contribution in [-0.4, -0.2) is 18.0 Å². The highest BCUT2D eigenvalue weighted by molar-refractivity contribution is 7.17. The molecular formula is C21H15ClFNO4S. The Morgan fingerprint density at radius 3 is 2.83 bits per heavy atom. The van der Waals surface area contributed by atoms with Crippen molar-refractivity contribution in [2.45, 2.75) is 19.6 Å². The first-order valence-corrected chi connectivity index (χ1v) is 9.93. The van der Waals surface area contributed by atoms with E-state index in [2.05, 4.69) is 5.32 Å². The Kier molecular flexibility index (Phi) is 5.25. The maximum absolute atomic E-state index is 13.1. The third-order valence-electron chi connectivity index (χ3n) is 4.37. The normalized spacial score (nSPS) is 12.9. The summed E-state index contributed by atoms with van der Waals surface area (Å²) in [5.41, 5.74) is 2.06. The van der Waals surface area contributed by atoms with Gasteiger partial charge in [0.1, 0.15) is 23.1 Å². The van der Waals surface area contributed by atoms with Gasteiger partial charge in [0, 0.05) is 16.0 Å². The predicted molar refractivity (Wildman–Crippen MR) is 109 cm³/mol. The van der Waals surface area contributed by atoms with Gasteiger partial charge in [0.15, 0.2) is 6.10 Å². The molecule has 8 heteroatoms. The van der Waals surface area contributed by atoms with Gasteiger partial charge >= 0.3 is 5.97 Å². The Bertz CT molecular complexity index is 1110. The molecule has 4 rings (SSSR count). The molecule has 1 unspecified atom stereocenters. The van der Waals surface area contributed by atoms with E-state index in [1.54, 1.807) is 6.07 Å². The van der Waals surface area contributed by atoms with Gasteiger partial charge < -0.3 is 14.8 Å². The van der Waals surface area contributed by atoms with Gasteiger partial charge in [0.25, 0.3) is 5.91 Å². The van der Waals surface area contributed by atoms with Crippen LogP contribution in [0.2, 0.25) is 5.02 Å². The van der Waals surface area contributed by atoms with Crippen LogP contribution in [0.4, 0.5) is 10.1 Å². The molecule has 0 fully saturated rings. The van der Waals surface area contributed by atoms with Crippen LogP contribution in [-0.2, 0) is 16.1 Å². The van der Waals surface area contributed by atoms with Gasteiger partial charge in [-0.15, -0.1) is 11.3 Å². The van der Waals surface area contributed by atoms with Gasteiger partial charge in [-0.2, -0.15) is 0 Å². The summed E-state index contributed by atoms with van der Waals surface area (Å²) in [5.74, 6) is -0.915. The van der Waals surface area contributed by atoms with Gasteiger partial charge in [0.05, 0.1) is 10.7 Å². The Hall–Kier alpha value is -2.90. The summed E-state index contributed by atoms with van der Waals surface area (Å²) in [6.45, 7) is 1.83. The molecule has 3 aromatic rings. The highest BCUT2D eigenvalue weighted by atomic mass is 35.5. The van der Waals surface area contributed by atoms with E-state index in [0.29, 0.717) is 11.5 Å². The number of rotatable bonds is 4. The van der Waals surface area contributed by atoms with Crippen molar-refractivity contribution >= 4 is 40.5 Å². The second kappa shape index (κ2) is 7.85. The smallest absolute Gasteiger partial charge is 0.349 e. The monoisotopic (exact) mass is 431 g/mol. The van der Waals surface area contributed by atoms with Crippen LogP contribution in [0.1, 0.15) is 22.2 Å². The number of hydrogen-bond acceptors (Lipinski definition) is 5. The summed E-state index contributed by atoms with van der Waals surface area (Å²) < 4.78 is 24.1. The van der Waals surface area contributed by atoms with Gasteiger partial charge in [-0.3, -0.25) is 4.79 Å². The summed E-state index contributed by atoms with van der Waals surface area (Å²) in [5, 5.41) is 2.58. The molecule has 1 aliphatic heterocycles. The minimum absolute atomic E-state index is 0.0569. The number of para-hydroxylation sites is 1. The highest BCUT2D eigenvalue weighted by Gasteiger charge is 2.25. The van der Waals surface area contributed by atoms with E-state index in [4.69, 9.17) is 21.1 Å². The van der Waals surface area contributed by atoms with E-state index in [1.807, 2.05) is 24.3 Å². The molecule has 0 spiro atoms. The molecule has 1 aliphatic rings. The van der Waals surface area contributed by atoms with Crippen molar-refractivity contribution in [1.82, 2.24) is 0 Å². The predicted octanol–water partition coefficient (Wildman–Crippen LogP) is 5.28. The van der Waals surface area contributed by atoms with Crippen LogP contribution in [0, 0.1) is 5.82 Å². The van der Waals surface area contributed by atoms with Crippen LogP contribution in [0.5, 0.6) is 5.75 Å². The number of anilines is 1. The molecule has 1 aromatic heterocycles. The molecule has 148 valence electrons. The molecule has 1 N–H and O–H groups in total. The fourth-order valence-corrected chi connectivity index (χ4v) is 4.19. The van der Waals surface area contributed by atoms with Crippen molar-refractivity contribution < 1.29 is 23.5 Å². The van der Waals surface area contributed by atoms with Gasteiger partial charge in [-0.05, 0) is 43.3 Å². The lowest BCUT2D eigenvalue weighted by Crippen LogP contribution is -2.29. The maximum atomic E-state index is 13.1. The summed E-state index contributed by atoms with van der Waals surface area (Å²) in [6.07, 6.45) is -1.06. The number of esters is 1. The average molecular weight is 432 g/mol. The number of thiophene rings is 1. The van der Waals surface area contributed by atoms with E-state index in [1.165, 1.54) is 30.4 Å². The third-order valence-corrected chi connectivity index (χ3v) is 5.87. The molecule has 0 radical (unpaired) electrons. The average Bonchev–Trinajstić information content (AvgIpc) is 3.15. The van der Waals surface area contributed by atoms with Gasteiger partial charge in [-0.25, -0.2) is 9.18 Å². The minimum atomic E-state index is -1.06. The number of ether oxygens (including phenoxy) is 2. The van der Waals surface area contributed by atoms with Crippen LogP contribution in [0.25, 0.3) is 10.4 Å². The Labute approximate surface area is 175 Å². The first-order chi connectivity index (χ1) is 13.9. The van der Waals surface area contributed by atoms with Gasteiger partial charge in [-0.1, -0.05) is 23.7 Å². The summed E-state index contributed by atoms with van der Waals surface area (Å²) in [4.78, 5) is 26.2. The first-order valence-electron chi connectivity index (χ1n) is 8.74. The molecule has 1 atom stereocenters. The quantitative estimate of drug-likeness (QED) is 0.570. The van der Waals surface area contributed by atoms with E-state index in [0.717, 1.165) is 27.8 Å². The minimum Gasteiger partial charge on any atom is -0.488 e. The van der Waals surface area contributed by atoms with Crippen molar-refractivity contribution in [1.29, 1.82) is 0 Å². The molecular weight excluding hydrogens is 417 g/mol. The number of carbonyl (C=O) groups is 2. The number of amides is 1. The van der Waals surface area contributed by atoms with E-state index >= 15 is 0 Å². The van der Waals surface area contributed by atoms with Crippen molar-refractivity contribution in [3.8, 4) is 16.2 Å². The number of halogens is 2. The zero-order chi connectivity index (χ0) is 20.5. The summed E-state index contributed by atoms with van der Waals surface area (Å²) >= 11 is 7.21. The largest absolute Gasteiger partial charge is 0.488 e. The lowest BCUT2D eigenvalue weighted by Gasteiger charge is -2.16. The zero-order valence-electron chi connectivity index (χ0n) is 15.2. The maximum Gasteiger partial charge on any atom is 0.349 e. The van der Waals surface area contributed by atoms with Crippen molar-refractivity contribution in [3.63, 3.8) is 0 Å². The summed E-state index contributed by atoms with van der Waals surface area (Å²) in [6, 6.07) is 12.9. The van der Waals surface area contributed by atoms with E-state index in [9.17, 15) is 14.0 Å². The Morgan fingerprint density at radius 2 is 2.03 bits per heavy atom. The standard InChI is InChI=1S/C21H15ClFNO4S/c1-11(20(25)24-16-7-6-13(23)9-15(16)22)28-21(26)18-8-12-10-27-17-5-3-2-4-14(17)19(12)29-18/h2-9,11H,10H2,1H3,(H,24,25). The van der Waals surface area contributed by atoms with Crippen LogP contribution >= 0.6 is 22.9 Å². The molecule has 0 bridgehead atoms. The number of carbonyl (C=O) groups excluding carboxylic acids is 2. The number of hydrogen-bond donors (Lipinski definition) is 1. The van der Waals surface area contributed by atoms with E-state index in [-0.39, 0.29) is 10.7 Å². The number of benzene rings is 2. The number of nitrogens with one attached hydrogen (secondary N) is 1. The topological polar surface area (TPSA) is 64.6 Å². The molecule has 2 heterocycles. The van der Waals surface area contributed by atoms with Crippen molar-refractivity contribution in [2.24, 2.45) is 0 Å². The fraction of sp³-hybridized carbons (Fsp3) is 0.143. The molecule has 0 aliphatic carbocycles. The first kappa shape index (κ1) is 19.4. The van der Waals surface area contributed by atoms with Gasteiger partial charge in [0.2, 0.25) is 0 Å². The Morgan fingerprint density at radius 1 is 1.24 bits per heavy atom. The fourth-order valence-electron chi connectivity index (χ4n) is 2.90. The number of fused-ring (bicyclic) bond motifs is 3. The zero-order valence-corrected chi connectivity index (χ0v) is 16.8. The lowest BCUT2D eigenvalue weighted by atomic mass is 10.1. The second-order valence-corrected chi connectivity index (χ2v) is 7.87. The Balaban J connectivity index is 1.46. The third kappa shape index (κ3) is 3.97. The molecule has 0 saturated carbocycles. The lowest BCUT2D eigenvalue weighted by molar-refractivity contribution is -0.123. The van der Waals surface area contributed by atoms with Crippen LogP contribution < -0.4 is 10.1 Å². The summed E-state index contributed by atoms with van der Waals surface area (Å²) in [7, 11) is 0. The highest BCUT2D eigenvalue weighted by Crippen LogP contribution is 2.42. The van der Waals surface area contributed by atoms with Crippen LogP contribution in [0.3, 0.4) is 0 Å². The molecule has 2 aromatic carbocycles. The molecule has 0 saturated heterocycles. The van der Waals surface area contributed by atoms with Crippen molar-refractivity contribution in [2.75, 3.05) is 5.32 Å². The van der Waals surface area contributed by atoms with Crippen molar-refractivity contribution in [3.05, 3.63) is 69.8 Å². The molecule has 5 nitrogen and oxygen atoms in total. The second-order valence-electron chi connectivity index (χ2n) is 6.41. The van der Waals surface area contributed by atoms with E-state index < -0.39 is 23.8 Å². The molecule has 1 amide bonds.